The van der Waals surface area contributed by atoms with Crippen LogP contribution in [0.2, 0.25) is 0 Å². The first-order chi connectivity index (χ1) is 16.8. The minimum absolute atomic E-state index is 0.114. The van der Waals surface area contributed by atoms with Crippen molar-refractivity contribution in [2.75, 3.05) is 21.7 Å². The molecule has 2 saturated carbocycles. The summed E-state index contributed by atoms with van der Waals surface area (Å²) in [6.07, 6.45) is 12.6. The fraction of sp³-hybridized carbons (Fsp3) is 0.519. The van der Waals surface area contributed by atoms with Crippen LogP contribution >= 0.6 is 24.3 Å². The smallest absolute Gasteiger partial charge is 0.295 e. The number of amides is 2. The minimum Gasteiger partial charge on any atom is -0.295 e. The minimum atomic E-state index is 0.114. The van der Waals surface area contributed by atoms with E-state index in [-0.39, 0.29) is 6.03 Å². The highest BCUT2D eigenvalue weighted by atomic mass is 32.2. The number of urea groups is 1. The van der Waals surface area contributed by atoms with Gasteiger partial charge in [0, 0.05) is 23.5 Å². The van der Waals surface area contributed by atoms with Gasteiger partial charge in [0.2, 0.25) is 0 Å². The highest BCUT2D eigenvalue weighted by Crippen LogP contribution is 2.39. The van der Waals surface area contributed by atoms with Crippen molar-refractivity contribution < 1.29 is 4.79 Å². The van der Waals surface area contributed by atoms with Crippen LogP contribution in [0.5, 0.6) is 0 Å². The van der Waals surface area contributed by atoms with Gasteiger partial charge in [0.05, 0.1) is 37.4 Å². The molecule has 0 N–H and O–H groups in total. The zero-order valence-corrected chi connectivity index (χ0v) is 21.6. The molecule has 0 unspecified atom stereocenters. The second-order valence-electron chi connectivity index (χ2n) is 9.56. The molecule has 5 nitrogen and oxygen atoms in total. The SMILES string of the molecule is O=C1N(SN(c2ccccc2)C2CCCCC2)CCN1SN(c1ccccc1)C1CCCCC1. The van der Waals surface area contributed by atoms with Crippen LogP contribution in [0.1, 0.15) is 64.2 Å². The molecular formula is C27H36N4OS2. The Hall–Kier alpha value is -1.99. The third kappa shape index (κ3) is 5.62. The Kier molecular flexibility index (Phi) is 8.12. The van der Waals surface area contributed by atoms with E-state index in [1.54, 1.807) is 24.3 Å². The molecule has 0 radical (unpaired) electrons. The van der Waals surface area contributed by atoms with Gasteiger partial charge in [-0.3, -0.25) is 8.61 Å². The second-order valence-corrected chi connectivity index (χ2v) is 11.6. The molecule has 3 aliphatic rings. The van der Waals surface area contributed by atoms with Crippen LogP contribution in [0.15, 0.2) is 60.7 Å². The maximum Gasteiger partial charge on any atom is 0.342 e. The van der Waals surface area contributed by atoms with Crippen LogP contribution in [0.25, 0.3) is 0 Å². The molecule has 1 heterocycles. The van der Waals surface area contributed by atoms with E-state index >= 15 is 0 Å². The first kappa shape index (κ1) is 23.7. The molecule has 1 saturated heterocycles. The van der Waals surface area contributed by atoms with Gasteiger partial charge in [-0.05, 0) is 49.9 Å². The Bertz CT molecular complexity index is 830. The average molecular weight is 497 g/mol. The fourth-order valence-corrected chi connectivity index (χ4v) is 7.55. The summed E-state index contributed by atoms with van der Waals surface area (Å²) < 4.78 is 8.75. The summed E-state index contributed by atoms with van der Waals surface area (Å²) in [6, 6.07) is 22.3. The number of hydrogen-bond acceptors (Lipinski definition) is 5. The number of anilines is 2. The van der Waals surface area contributed by atoms with Gasteiger partial charge < -0.3 is 0 Å². The highest BCUT2D eigenvalue weighted by molar-refractivity contribution is 8.00. The van der Waals surface area contributed by atoms with E-state index in [4.69, 9.17) is 0 Å². The van der Waals surface area contributed by atoms with E-state index in [1.807, 2.05) is 8.61 Å². The standard InChI is InChI=1S/C27H36N4OS2/c32-27-28(33-30(23-13-5-1-6-14-23)24-15-7-2-8-16-24)21-22-29(27)34-31(25-17-9-3-10-18-25)26-19-11-4-12-20-26/h1,3,5-6,9-10,13-14,17-18,24,26H,2,4,7-8,11-12,15-16,19-22H2. The summed E-state index contributed by atoms with van der Waals surface area (Å²) in [7, 11) is 0. The van der Waals surface area contributed by atoms with E-state index in [2.05, 4.69) is 69.3 Å². The maximum atomic E-state index is 13.6. The molecule has 34 heavy (non-hydrogen) atoms. The average Bonchev–Trinajstić information content (AvgIpc) is 3.26. The topological polar surface area (TPSA) is 30.0 Å². The third-order valence-corrected chi connectivity index (χ3v) is 9.58. The van der Waals surface area contributed by atoms with Crippen molar-refractivity contribution in [3.8, 4) is 0 Å². The zero-order valence-electron chi connectivity index (χ0n) is 19.9. The van der Waals surface area contributed by atoms with Crippen LogP contribution in [-0.4, -0.2) is 39.8 Å². The molecule has 2 aromatic rings. The molecule has 3 fully saturated rings. The number of hydrogen-bond donors (Lipinski definition) is 0. The third-order valence-electron chi connectivity index (χ3n) is 7.14. The largest absolute Gasteiger partial charge is 0.342 e. The highest BCUT2D eigenvalue weighted by Gasteiger charge is 2.36. The lowest BCUT2D eigenvalue weighted by atomic mass is 9.95. The Morgan fingerprint density at radius 2 is 0.971 bits per heavy atom. The van der Waals surface area contributed by atoms with Gasteiger partial charge in [0.1, 0.15) is 0 Å². The lowest BCUT2D eigenvalue weighted by Crippen LogP contribution is -2.38. The van der Waals surface area contributed by atoms with Gasteiger partial charge >= 0.3 is 6.03 Å². The molecule has 2 aromatic carbocycles. The number of rotatable bonds is 8. The first-order valence-electron chi connectivity index (χ1n) is 12.9. The predicted octanol–water partition coefficient (Wildman–Crippen LogP) is 7.53. The van der Waals surface area contributed by atoms with Crippen molar-refractivity contribution in [3.63, 3.8) is 0 Å². The number of para-hydroxylation sites is 2. The number of nitrogens with zero attached hydrogens (tertiary/aromatic N) is 4. The molecule has 0 bridgehead atoms. The Labute approximate surface area is 213 Å². The van der Waals surface area contributed by atoms with Crippen LogP contribution in [0.4, 0.5) is 16.2 Å². The number of carbonyl (C=O) groups excluding carboxylic acids is 1. The van der Waals surface area contributed by atoms with Crippen LogP contribution in [0, 0.1) is 0 Å². The summed E-state index contributed by atoms with van der Waals surface area (Å²) >= 11 is 3.25. The van der Waals surface area contributed by atoms with E-state index in [1.165, 1.54) is 75.6 Å². The Balaban J connectivity index is 1.29. The summed E-state index contributed by atoms with van der Waals surface area (Å²) in [5, 5.41) is 0. The molecule has 5 rings (SSSR count). The molecule has 1 aliphatic heterocycles. The van der Waals surface area contributed by atoms with Crippen LogP contribution in [-0.2, 0) is 0 Å². The van der Waals surface area contributed by atoms with Gasteiger partial charge in [-0.1, -0.05) is 74.9 Å². The molecule has 7 heteroatoms. The van der Waals surface area contributed by atoms with Crippen molar-refractivity contribution in [2.45, 2.75) is 76.3 Å². The van der Waals surface area contributed by atoms with Crippen molar-refractivity contribution in [2.24, 2.45) is 0 Å². The maximum absolute atomic E-state index is 13.6. The second kappa shape index (κ2) is 11.6. The quantitative estimate of drug-likeness (QED) is 0.353. The molecule has 0 spiro atoms. The predicted molar refractivity (Wildman–Crippen MR) is 146 cm³/mol. The lowest BCUT2D eigenvalue weighted by molar-refractivity contribution is 0.227. The van der Waals surface area contributed by atoms with Crippen molar-refractivity contribution >= 4 is 41.7 Å². The van der Waals surface area contributed by atoms with Gasteiger partial charge in [-0.15, -0.1) is 0 Å². The number of carbonyl (C=O) groups is 1. The summed E-state index contributed by atoms with van der Waals surface area (Å²) in [6.45, 7) is 1.50. The van der Waals surface area contributed by atoms with Gasteiger partial charge in [0.15, 0.2) is 0 Å². The summed E-state index contributed by atoms with van der Waals surface area (Å²) in [4.78, 5) is 13.6. The van der Waals surface area contributed by atoms with E-state index in [0.717, 1.165) is 13.1 Å². The van der Waals surface area contributed by atoms with E-state index < -0.39 is 0 Å². The van der Waals surface area contributed by atoms with E-state index in [9.17, 15) is 4.79 Å². The van der Waals surface area contributed by atoms with Crippen LogP contribution in [0.3, 0.4) is 0 Å². The number of benzene rings is 2. The summed E-state index contributed by atoms with van der Waals surface area (Å²) in [5.74, 6) is 0. The zero-order chi connectivity index (χ0) is 23.2. The van der Waals surface area contributed by atoms with Gasteiger partial charge in [-0.25, -0.2) is 13.4 Å². The van der Waals surface area contributed by atoms with E-state index in [0.29, 0.717) is 12.1 Å². The van der Waals surface area contributed by atoms with Crippen LogP contribution < -0.4 is 8.61 Å². The molecule has 2 aliphatic carbocycles. The molecule has 0 aromatic heterocycles. The Morgan fingerprint density at radius 3 is 1.35 bits per heavy atom. The first-order valence-corrected chi connectivity index (χ1v) is 14.4. The molecule has 0 atom stereocenters. The Morgan fingerprint density at radius 1 is 0.588 bits per heavy atom. The van der Waals surface area contributed by atoms with Crippen molar-refractivity contribution in [3.05, 3.63) is 60.7 Å². The summed E-state index contributed by atoms with van der Waals surface area (Å²) in [5.41, 5.74) is 2.40. The van der Waals surface area contributed by atoms with Crippen molar-refractivity contribution in [1.82, 2.24) is 8.61 Å². The van der Waals surface area contributed by atoms with Gasteiger partial charge in [-0.2, -0.15) is 0 Å². The van der Waals surface area contributed by atoms with Crippen molar-refractivity contribution in [1.29, 1.82) is 0 Å². The molecule has 182 valence electrons. The van der Waals surface area contributed by atoms with Gasteiger partial charge in [0.25, 0.3) is 0 Å². The lowest BCUT2D eigenvalue weighted by Gasteiger charge is -2.37. The molecular weight excluding hydrogens is 460 g/mol. The monoisotopic (exact) mass is 496 g/mol. The normalized spacial score (nSPS) is 20.1. The molecule has 2 amide bonds. The fourth-order valence-electron chi connectivity index (χ4n) is 5.29.